The standard InChI is InChI=1S/C12H14N2O7S/c1-5(15)21-3-6-4-22-10-12(13,11(19)20-2)9(18)14(10)7(6)8(16)17/h10H,3-4,13H2,1-2H3,(H,16,17)/t10-,12?/m1/s1. The van der Waals surface area contributed by atoms with E-state index in [9.17, 15) is 24.3 Å². The van der Waals surface area contributed by atoms with Crippen LogP contribution in [0.2, 0.25) is 0 Å². The van der Waals surface area contributed by atoms with Gasteiger partial charge >= 0.3 is 17.9 Å². The van der Waals surface area contributed by atoms with Crippen LogP contribution >= 0.6 is 11.8 Å². The van der Waals surface area contributed by atoms with Gasteiger partial charge in [-0.25, -0.2) is 9.59 Å². The fraction of sp³-hybridized carbons (Fsp3) is 0.500. The van der Waals surface area contributed by atoms with Crippen LogP contribution in [0.5, 0.6) is 0 Å². The number of nitrogens with two attached hydrogens (primary N) is 1. The Morgan fingerprint density at radius 1 is 1.50 bits per heavy atom. The molecule has 10 heteroatoms. The Labute approximate surface area is 129 Å². The summed E-state index contributed by atoms with van der Waals surface area (Å²) in [7, 11) is 1.10. The molecule has 1 unspecified atom stereocenters. The number of carbonyl (C=O) groups excluding carboxylic acids is 3. The second-order valence-corrected chi connectivity index (χ2v) is 5.81. The molecule has 0 aromatic carbocycles. The first-order valence-electron chi connectivity index (χ1n) is 6.16. The van der Waals surface area contributed by atoms with Gasteiger partial charge in [0.2, 0.25) is 5.54 Å². The lowest BCUT2D eigenvalue weighted by Gasteiger charge is -2.53. The highest BCUT2D eigenvalue weighted by atomic mass is 32.2. The number of esters is 2. The number of methoxy groups -OCH3 is 1. The number of hydrogen-bond acceptors (Lipinski definition) is 8. The van der Waals surface area contributed by atoms with Crippen LogP contribution in [0.4, 0.5) is 0 Å². The minimum absolute atomic E-state index is 0.166. The summed E-state index contributed by atoms with van der Waals surface area (Å²) < 4.78 is 9.31. The summed E-state index contributed by atoms with van der Waals surface area (Å²) in [4.78, 5) is 47.1. The van der Waals surface area contributed by atoms with Crippen LogP contribution in [0.1, 0.15) is 6.92 Å². The van der Waals surface area contributed by atoms with Crippen molar-refractivity contribution in [3.05, 3.63) is 11.3 Å². The second-order valence-electron chi connectivity index (χ2n) is 4.74. The zero-order valence-corrected chi connectivity index (χ0v) is 12.6. The average Bonchev–Trinajstić information content (AvgIpc) is 2.49. The van der Waals surface area contributed by atoms with Crippen molar-refractivity contribution >= 4 is 35.6 Å². The van der Waals surface area contributed by atoms with Gasteiger partial charge in [0.15, 0.2) is 0 Å². The summed E-state index contributed by atoms with van der Waals surface area (Å²) in [6, 6.07) is 0. The largest absolute Gasteiger partial charge is 0.477 e. The van der Waals surface area contributed by atoms with Crippen molar-refractivity contribution in [3.63, 3.8) is 0 Å². The molecule has 22 heavy (non-hydrogen) atoms. The fourth-order valence-corrected chi connectivity index (χ4v) is 3.69. The number of rotatable bonds is 4. The Kier molecular flexibility index (Phi) is 4.16. The van der Waals surface area contributed by atoms with Crippen molar-refractivity contribution in [3.8, 4) is 0 Å². The van der Waals surface area contributed by atoms with Crippen molar-refractivity contribution in [2.24, 2.45) is 5.73 Å². The van der Waals surface area contributed by atoms with E-state index in [0.717, 1.165) is 23.8 Å². The highest BCUT2D eigenvalue weighted by Gasteiger charge is 2.67. The Morgan fingerprint density at radius 2 is 2.14 bits per heavy atom. The molecule has 2 rings (SSSR count). The first kappa shape index (κ1) is 16.3. The highest BCUT2D eigenvalue weighted by Crippen LogP contribution is 2.45. The van der Waals surface area contributed by atoms with Crippen LogP contribution in [-0.2, 0) is 28.7 Å². The number of thioether (sulfide) groups is 1. The SMILES string of the molecule is COC(=O)C1(N)C(=O)N2C(C(=O)O)=C(COC(C)=O)CS[C@@H]21. The molecule has 0 aliphatic carbocycles. The molecule has 2 heterocycles. The molecular formula is C12H14N2O7S. The first-order chi connectivity index (χ1) is 10.2. The number of β-lactam (4-membered cyclic amide) rings is 1. The molecule has 1 amide bonds. The van der Waals surface area contributed by atoms with Crippen LogP contribution in [0.3, 0.4) is 0 Å². The van der Waals surface area contributed by atoms with Crippen molar-refractivity contribution < 1.29 is 33.8 Å². The van der Waals surface area contributed by atoms with Crippen molar-refractivity contribution in [2.75, 3.05) is 19.5 Å². The highest BCUT2D eigenvalue weighted by molar-refractivity contribution is 8.00. The van der Waals surface area contributed by atoms with E-state index >= 15 is 0 Å². The van der Waals surface area contributed by atoms with Crippen LogP contribution < -0.4 is 5.73 Å². The van der Waals surface area contributed by atoms with Gasteiger partial charge in [-0.05, 0) is 0 Å². The van der Waals surface area contributed by atoms with E-state index in [4.69, 9.17) is 10.5 Å². The van der Waals surface area contributed by atoms with E-state index in [1.807, 2.05) is 0 Å². The lowest BCUT2D eigenvalue weighted by Crippen LogP contribution is -2.81. The summed E-state index contributed by atoms with van der Waals surface area (Å²) in [6.07, 6.45) is 0. The predicted molar refractivity (Wildman–Crippen MR) is 73.3 cm³/mol. The van der Waals surface area contributed by atoms with E-state index in [2.05, 4.69) is 4.74 Å². The molecule has 0 bridgehead atoms. The summed E-state index contributed by atoms with van der Waals surface area (Å²) in [5, 5.41) is 8.46. The lowest BCUT2D eigenvalue weighted by atomic mass is 9.87. The van der Waals surface area contributed by atoms with E-state index in [1.165, 1.54) is 6.92 Å². The summed E-state index contributed by atoms with van der Waals surface area (Å²) in [5.74, 6) is -3.53. The third-order valence-electron chi connectivity index (χ3n) is 3.36. The molecule has 2 aliphatic rings. The van der Waals surface area contributed by atoms with Gasteiger partial charge in [-0.1, -0.05) is 0 Å². The quantitative estimate of drug-likeness (QED) is 0.365. The van der Waals surface area contributed by atoms with Crippen LogP contribution in [-0.4, -0.2) is 64.2 Å². The van der Waals surface area contributed by atoms with Crippen molar-refractivity contribution in [1.82, 2.24) is 4.90 Å². The minimum Gasteiger partial charge on any atom is -0.477 e. The van der Waals surface area contributed by atoms with Crippen molar-refractivity contribution in [2.45, 2.75) is 17.8 Å². The third-order valence-corrected chi connectivity index (χ3v) is 4.78. The number of ether oxygens (including phenoxy) is 2. The normalized spacial score (nSPS) is 27.0. The molecule has 0 aromatic rings. The molecule has 1 saturated heterocycles. The van der Waals surface area contributed by atoms with E-state index < -0.39 is 34.7 Å². The van der Waals surface area contributed by atoms with Gasteiger partial charge in [-0.15, -0.1) is 11.8 Å². The number of aliphatic carboxylic acids is 1. The smallest absolute Gasteiger partial charge is 0.352 e. The number of nitrogens with zero attached hydrogens (tertiary/aromatic N) is 1. The maximum Gasteiger partial charge on any atom is 0.352 e. The Bertz CT molecular complexity index is 602. The van der Waals surface area contributed by atoms with Gasteiger partial charge in [-0.2, -0.15) is 0 Å². The van der Waals surface area contributed by atoms with Crippen LogP contribution in [0.25, 0.3) is 0 Å². The molecule has 0 aromatic heterocycles. The topological polar surface area (TPSA) is 136 Å². The predicted octanol–water partition coefficient (Wildman–Crippen LogP) is -1.33. The molecule has 1 fully saturated rings. The number of fused-ring (bicyclic) bond motifs is 1. The molecule has 0 radical (unpaired) electrons. The van der Waals surface area contributed by atoms with Gasteiger partial charge in [-0.3, -0.25) is 14.5 Å². The van der Waals surface area contributed by atoms with Crippen LogP contribution in [0.15, 0.2) is 11.3 Å². The zero-order chi connectivity index (χ0) is 16.7. The van der Waals surface area contributed by atoms with Gasteiger partial charge in [0, 0.05) is 18.2 Å². The average molecular weight is 330 g/mol. The Balaban J connectivity index is 2.34. The molecule has 0 saturated carbocycles. The molecule has 0 spiro atoms. The summed E-state index contributed by atoms with van der Waals surface area (Å²) in [6.45, 7) is 0.951. The lowest BCUT2D eigenvalue weighted by molar-refractivity contribution is -0.169. The molecule has 2 atom stereocenters. The monoisotopic (exact) mass is 330 g/mol. The number of amides is 1. The fourth-order valence-electron chi connectivity index (χ4n) is 2.30. The van der Waals surface area contributed by atoms with E-state index in [-0.39, 0.29) is 23.6 Å². The second kappa shape index (κ2) is 5.61. The Hall–Kier alpha value is -2.07. The van der Waals surface area contributed by atoms with Gasteiger partial charge < -0.3 is 20.3 Å². The molecule has 9 nitrogen and oxygen atoms in total. The zero-order valence-electron chi connectivity index (χ0n) is 11.8. The third kappa shape index (κ3) is 2.24. The number of carboxylic acid groups (broad SMARTS) is 1. The van der Waals surface area contributed by atoms with Crippen molar-refractivity contribution in [1.29, 1.82) is 0 Å². The number of carboxylic acids is 1. The van der Waals surface area contributed by atoms with Gasteiger partial charge in [0.05, 0.1) is 7.11 Å². The molecular weight excluding hydrogens is 316 g/mol. The minimum atomic E-state index is -1.90. The van der Waals surface area contributed by atoms with E-state index in [1.54, 1.807) is 0 Å². The maximum absolute atomic E-state index is 12.2. The molecule has 120 valence electrons. The maximum atomic E-state index is 12.2. The molecule has 2 aliphatic heterocycles. The summed E-state index contributed by atoms with van der Waals surface area (Å²) >= 11 is 1.12. The summed E-state index contributed by atoms with van der Waals surface area (Å²) in [5.41, 5.74) is 3.86. The number of hydrogen-bond donors (Lipinski definition) is 2. The number of carbonyl (C=O) groups is 4. The first-order valence-corrected chi connectivity index (χ1v) is 7.21. The van der Waals surface area contributed by atoms with Gasteiger partial charge in [0.1, 0.15) is 17.7 Å². The Morgan fingerprint density at radius 3 is 2.64 bits per heavy atom. The van der Waals surface area contributed by atoms with Crippen LogP contribution in [0, 0.1) is 0 Å². The molecule has 3 N–H and O–H groups in total. The van der Waals surface area contributed by atoms with E-state index in [0.29, 0.717) is 0 Å². The van der Waals surface area contributed by atoms with Gasteiger partial charge in [0.25, 0.3) is 5.91 Å².